The second-order valence-corrected chi connectivity index (χ2v) is 4.20. The Kier molecular flexibility index (Phi) is 5.09. The van der Waals surface area contributed by atoms with Crippen LogP contribution in [-0.4, -0.2) is 35.2 Å². The number of anilines is 1. The molecule has 8 heteroatoms. The summed E-state index contributed by atoms with van der Waals surface area (Å²) in [6.45, 7) is 4.56. The molecule has 8 nitrogen and oxygen atoms in total. The van der Waals surface area contributed by atoms with Crippen LogP contribution in [0.1, 0.15) is 30.8 Å². The molecule has 0 saturated carbocycles. The number of rotatable bonds is 6. The number of nitrogen functional groups attached to an aromatic ring is 1. The zero-order valence-corrected chi connectivity index (χ0v) is 10.4. The maximum Gasteiger partial charge on any atom is 0.277 e. The van der Waals surface area contributed by atoms with Gasteiger partial charge < -0.3 is 16.4 Å². The number of carbonyl (C=O) groups is 2. The van der Waals surface area contributed by atoms with E-state index in [-0.39, 0.29) is 24.0 Å². The lowest BCUT2D eigenvalue weighted by atomic mass is 10.1. The Hall–Kier alpha value is -2.12. The van der Waals surface area contributed by atoms with E-state index in [9.17, 15) is 9.59 Å². The number of carbonyl (C=O) groups excluding carboxylic acids is 2. The molecule has 0 radical (unpaired) electrons. The third kappa shape index (κ3) is 4.40. The van der Waals surface area contributed by atoms with Crippen LogP contribution < -0.4 is 16.4 Å². The lowest BCUT2D eigenvalue weighted by molar-refractivity contribution is -0.121. The summed E-state index contributed by atoms with van der Waals surface area (Å²) in [6.07, 6.45) is 0.466. The molecular weight excluding hydrogens is 238 g/mol. The number of aromatic nitrogens is 2. The SMILES string of the molecule is CC(C)CC(=O)NCCNC(=O)c1nonc1N. The molecule has 0 aliphatic carbocycles. The van der Waals surface area contributed by atoms with Crippen molar-refractivity contribution in [2.75, 3.05) is 18.8 Å². The summed E-state index contributed by atoms with van der Waals surface area (Å²) in [5, 5.41) is 11.9. The van der Waals surface area contributed by atoms with E-state index < -0.39 is 5.91 Å². The second kappa shape index (κ2) is 6.58. The second-order valence-electron chi connectivity index (χ2n) is 4.20. The molecule has 4 N–H and O–H groups in total. The first-order chi connectivity index (χ1) is 8.50. The Labute approximate surface area is 104 Å². The van der Waals surface area contributed by atoms with Gasteiger partial charge in [0.15, 0.2) is 0 Å². The molecule has 0 aliphatic rings. The highest BCUT2D eigenvalue weighted by molar-refractivity contribution is 5.95. The van der Waals surface area contributed by atoms with Crippen molar-refractivity contribution < 1.29 is 14.2 Å². The van der Waals surface area contributed by atoms with Crippen LogP contribution in [0.2, 0.25) is 0 Å². The molecule has 1 aromatic rings. The molecule has 18 heavy (non-hydrogen) atoms. The van der Waals surface area contributed by atoms with Crippen LogP contribution in [0.3, 0.4) is 0 Å². The van der Waals surface area contributed by atoms with Gasteiger partial charge in [0.2, 0.25) is 17.4 Å². The quantitative estimate of drug-likeness (QED) is 0.591. The molecule has 1 rings (SSSR count). The van der Waals surface area contributed by atoms with Gasteiger partial charge in [-0.2, -0.15) is 0 Å². The van der Waals surface area contributed by atoms with Crippen LogP contribution in [0.25, 0.3) is 0 Å². The van der Waals surface area contributed by atoms with E-state index in [4.69, 9.17) is 5.73 Å². The summed E-state index contributed by atoms with van der Waals surface area (Å²) in [7, 11) is 0. The van der Waals surface area contributed by atoms with Gasteiger partial charge in [0.05, 0.1) is 0 Å². The van der Waals surface area contributed by atoms with Gasteiger partial charge in [-0.1, -0.05) is 13.8 Å². The minimum Gasteiger partial charge on any atom is -0.379 e. The number of nitrogens with two attached hydrogens (primary N) is 1. The van der Waals surface area contributed by atoms with Crippen LogP contribution in [-0.2, 0) is 4.79 Å². The third-order valence-corrected chi connectivity index (χ3v) is 2.06. The lowest BCUT2D eigenvalue weighted by Gasteiger charge is -2.07. The van der Waals surface area contributed by atoms with Gasteiger partial charge >= 0.3 is 0 Å². The van der Waals surface area contributed by atoms with E-state index in [0.717, 1.165) is 0 Å². The molecule has 0 atom stereocenters. The Morgan fingerprint density at radius 1 is 1.28 bits per heavy atom. The van der Waals surface area contributed by atoms with Crippen LogP contribution in [0.4, 0.5) is 5.82 Å². The molecule has 0 fully saturated rings. The van der Waals surface area contributed by atoms with Gasteiger partial charge in [-0.25, -0.2) is 4.63 Å². The monoisotopic (exact) mass is 255 g/mol. The summed E-state index contributed by atoms with van der Waals surface area (Å²) in [4.78, 5) is 22.8. The number of nitrogens with zero attached hydrogens (tertiary/aromatic N) is 2. The highest BCUT2D eigenvalue weighted by atomic mass is 16.6. The van der Waals surface area contributed by atoms with E-state index in [0.29, 0.717) is 18.9 Å². The number of hydrogen-bond donors (Lipinski definition) is 3. The van der Waals surface area contributed by atoms with E-state index in [2.05, 4.69) is 25.6 Å². The molecule has 0 aromatic carbocycles. The molecule has 1 heterocycles. The summed E-state index contributed by atoms with van der Waals surface area (Å²) in [5.41, 5.74) is 5.30. The Bertz CT molecular complexity index is 415. The number of amides is 2. The first kappa shape index (κ1) is 13.9. The van der Waals surface area contributed by atoms with Crippen molar-refractivity contribution in [1.82, 2.24) is 20.9 Å². The Balaban J connectivity index is 2.21. The predicted molar refractivity (Wildman–Crippen MR) is 63.5 cm³/mol. The molecular formula is C10H17N5O3. The smallest absolute Gasteiger partial charge is 0.277 e. The van der Waals surface area contributed by atoms with Crippen LogP contribution in [0.15, 0.2) is 4.63 Å². The molecule has 100 valence electrons. The van der Waals surface area contributed by atoms with E-state index in [1.165, 1.54) is 0 Å². The topological polar surface area (TPSA) is 123 Å². The molecule has 2 amide bonds. The van der Waals surface area contributed by atoms with Gasteiger partial charge in [-0.15, -0.1) is 0 Å². The van der Waals surface area contributed by atoms with Gasteiger partial charge in [0.25, 0.3) is 5.91 Å². The molecule has 1 aromatic heterocycles. The van der Waals surface area contributed by atoms with Crippen LogP contribution in [0, 0.1) is 5.92 Å². The minimum absolute atomic E-state index is 0.0399. The highest BCUT2D eigenvalue weighted by Gasteiger charge is 2.15. The lowest BCUT2D eigenvalue weighted by Crippen LogP contribution is -2.35. The van der Waals surface area contributed by atoms with Crippen molar-refractivity contribution in [3.8, 4) is 0 Å². The maximum absolute atomic E-state index is 11.5. The standard InChI is InChI=1S/C10H17N5O3/c1-6(2)5-7(16)12-3-4-13-10(17)8-9(11)15-18-14-8/h6H,3-5H2,1-2H3,(H2,11,15)(H,12,16)(H,13,17). The fraction of sp³-hybridized carbons (Fsp3) is 0.600. The summed E-state index contributed by atoms with van der Waals surface area (Å²) >= 11 is 0. The van der Waals surface area contributed by atoms with Gasteiger partial charge in [-0.3, -0.25) is 9.59 Å². The molecule has 0 saturated heterocycles. The number of hydrogen-bond acceptors (Lipinski definition) is 6. The van der Waals surface area contributed by atoms with Crippen molar-refractivity contribution >= 4 is 17.6 Å². The van der Waals surface area contributed by atoms with Crippen molar-refractivity contribution in [3.05, 3.63) is 5.69 Å². The normalized spacial score (nSPS) is 10.4. The van der Waals surface area contributed by atoms with E-state index >= 15 is 0 Å². The largest absolute Gasteiger partial charge is 0.379 e. The molecule has 0 bridgehead atoms. The highest BCUT2D eigenvalue weighted by Crippen LogP contribution is 2.02. The summed E-state index contributed by atoms with van der Waals surface area (Å²) < 4.78 is 4.30. The van der Waals surface area contributed by atoms with Crippen molar-refractivity contribution in [2.24, 2.45) is 5.92 Å². The van der Waals surface area contributed by atoms with E-state index in [1.54, 1.807) is 0 Å². The minimum atomic E-state index is -0.480. The number of nitrogens with one attached hydrogen (secondary N) is 2. The van der Waals surface area contributed by atoms with Gasteiger partial charge in [0.1, 0.15) is 0 Å². The first-order valence-corrected chi connectivity index (χ1v) is 5.63. The van der Waals surface area contributed by atoms with E-state index in [1.807, 2.05) is 13.8 Å². The van der Waals surface area contributed by atoms with Crippen molar-refractivity contribution in [3.63, 3.8) is 0 Å². The first-order valence-electron chi connectivity index (χ1n) is 5.63. The van der Waals surface area contributed by atoms with Crippen molar-refractivity contribution in [2.45, 2.75) is 20.3 Å². The third-order valence-electron chi connectivity index (χ3n) is 2.06. The summed E-state index contributed by atoms with van der Waals surface area (Å²) in [5.74, 6) is -0.273. The Morgan fingerprint density at radius 3 is 2.50 bits per heavy atom. The van der Waals surface area contributed by atoms with Crippen molar-refractivity contribution in [1.29, 1.82) is 0 Å². The van der Waals surface area contributed by atoms with Crippen LogP contribution in [0.5, 0.6) is 0 Å². The summed E-state index contributed by atoms with van der Waals surface area (Å²) in [6, 6.07) is 0. The van der Waals surface area contributed by atoms with Gasteiger partial charge in [-0.05, 0) is 16.2 Å². The molecule has 0 spiro atoms. The Morgan fingerprint density at radius 2 is 1.94 bits per heavy atom. The maximum atomic E-state index is 11.5. The fourth-order valence-corrected chi connectivity index (χ4v) is 1.26. The average molecular weight is 255 g/mol. The fourth-order valence-electron chi connectivity index (χ4n) is 1.26. The zero-order valence-electron chi connectivity index (χ0n) is 10.4. The predicted octanol–water partition coefficient (Wildman–Crippen LogP) is -0.456. The zero-order chi connectivity index (χ0) is 13.5. The van der Waals surface area contributed by atoms with Crippen LogP contribution >= 0.6 is 0 Å². The average Bonchev–Trinajstić information content (AvgIpc) is 2.69. The van der Waals surface area contributed by atoms with Gasteiger partial charge in [0, 0.05) is 19.5 Å². The molecule has 0 aliphatic heterocycles. The molecule has 0 unspecified atom stereocenters.